The number of carbonyl (C=O) groups is 1. The molecule has 7 heteroatoms. The molecule has 0 unspecified atom stereocenters. The summed E-state index contributed by atoms with van der Waals surface area (Å²) in [5.41, 5.74) is 1.88. The van der Waals surface area contributed by atoms with Crippen LogP contribution in [0.1, 0.15) is 31.9 Å². The average molecular weight is 331 g/mol. The second-order valence-corrected chi connectivity index (χ2v) is 6.21. The number of aryl methyl sites for hydroxylation is 1. The van der Waals surface area contributed by atoms with Gasteiger partial charge in [0.1, 0.15) is 5.82 Å². The number of aliphatic hydroxyl groups excluding tert-OH is 1. The van der Waals surface area contributed by atoms with Crippen LogP contribution in [0.4, 0.5) is 5.82 Å². The van der Waals surface area contributed by atoms with Gasteiger partial charge < -0.3 is 15.3 Å². The summed E-state index contributed by atoms with van der Waals surface area (Å²) >= 11 is 0. The molecule has 1 atom stereocenters. The van der Waals surface area contributed by atoms with E-state index in [1.165, 1.54) is 0 Å². The minimum absolute atomic E-state index is 0.0266. The zero-order valence-electron chi connectivity index (χ0n) is 14.1. The zero-order valence-corrected chi connectivity index (χ0v) is 14.1. The summed E-state index contributed by atoms with van der Waals surface area (Å²) in [5, 5.41) is 16.1. The van der Waals surface area contributed by atoms with Crippen LogP contribution in [0.3, 0.4) is 0 Å². The molecule has 0 aromatic carbocycles. The van der Waals surface area contributed by atoms with Gasteiger partial charge in [0.2, 0.25) is 5.91 Å². The molecule has 1 aliphatic rings. The van der Waals surface area contributed by atoms with Crippen molar-refractivity contribution in [1.29, 1.82) is 0 Å². The predicted octanol–water partition coefficient (Wildman–Crippen LogP) is 1.01. The van der Waals surface area contributed by atoms with Gasteiger partial charge in [0.25, 0.3) is 0 Å². The van der Waals surface area contributed by atoms with Gasteiger partial charge in [-0.05, 0) is 25.7 Å². The van der Waals surface area contributed by atoms with Gasteiger partial charge >= 0.3 is 0 Å². The van der Waals surface area contributed by atoms with Crippen LogP contribution in [-0.4, -0.2) is 51.9 Å². The summed E-state index contributed by atoms with van der Waals surface area (Å²) in [6.45, 7) is 4.33. The second-order valence-electron chi connectivity index (χ2n) is 6.21. The number of piperidine rings is 1. The van der Waals surface area contributed by atoms with Gasteiger partial charge in [0, 0.05) is 44.1 Å². The van der Waals surface area contributed by atoms with E-state index in [-0.39, 0.29) is 18.4 Å². The molecule has 7 nitrogen and oxygen atoms in total. The molecule has 3 rings (SSSR count). The molecular weight excluding hydrogens is 306 g/mol. The fourth-order valence-corrected chi connectivity index (χ4v) is 3.19. The van der Waals surface area contributed by atoms with Crippen LogP contribution in [0.2, 0.25) is 0 Å². The number of hydrogen-bond donors (Lipinski definition) is 2. The maximum Gasteiger partial charge on any atom is 0.224 e. The number of aromatic nitrogens is 3. The normalized spacial score (nSPS) is 18.1. The van der Waals surface area contributed by atoms with Crippen LogP contribution in [-0.2, 0) is 11.2 Å². The number of rotatable bonds is 6. The van der Waals surface area contributed by atoms with Crippen molar-refractivity contribution in [3.05, 3.63) is 24.0 Å². The number of nitrogens with zero attached hydrogens (tertiary/aromatic N) is 4. The van der Waals surface area contributed by atoms with Crippen LogP contribution in [0, 0.1) is 5.92 Å². The smallest absolute Gasteiger partial charge is 0.224 e. The summed E-state index contributed by atoms with van der Waals surface area (Å²) in [5.74, 6) is 1.06. The lowest BCUT2D eigenvalue weighted by Gasteiger charge is -2.33. The molecule has 24 heavy (non-hydrogen) atoms. The van der Waals surface area contributed by atoms with E-state index in [9.17, 15) is 4.79 Å². The highest BCUT2D eigenvalue weighted by Gasteiger charge is 2.27. The topological polar surface area (TPSA) is 82.8 Å². The van der Waals surface area contributed by atoms with Gasteiger partial charge in [-0.15, -0.1) is 0 Å². The zero-order chi connectivity index (χ0) is 16.9. The summed E-state index contributed by atoms with van der Waals surface area (Å²) in [6, 6.07) is 3.98. The quantitative estimate of drug-likeness (QED) is 0.772. The van der Waals surface area contributed by atoms with Gasteiger partial charge in [-0.3, -0.25) is 4.79 Å². The highest BCUT2D eigenvalue weighted by Crippen LogP contribution is 2.24. The van der Waals surface area contributed by atoms with Crippen LogP contribution in [0.25, 0.3) is 5.65 Å². The minimum atomic E-state index is -0.0266. The number of fused-ring (bicyclic) bond motifs is 1. The third-order valence-electron chi connectivity index (χ3n) is 4.51. The van der Waals surface area contributed by atoms with Gasteiger partial charge in [-0.1, -0.05) is 6.92 Å². The highest BCUT2D eigenvalue weighted by atomic mass is 16.3. The lowest BCUT2D eigenvalue weighted by atomic mass is 9.97. The Labute approximate surface area is 141 Å². The minimum Gasteiger partial charge on any atom is -0.396 e. The van der Waals surface area contributed by atoms with Crippen molar-refractivity contribution in [2.45, 2.75) is 32.6 Å². The molecule has 3 heterocycles. The summed E-state index contributed by atoms with van der Waals surface area (Å²) in [6.07, 6.45) is 5.10. The Kier molecular flexibility index (Phi) is 5.30. The Morgan fingerprint density at radius 2 is 2.38 bits per heavy atom. The molecule has 1 fully saturated rings. The van der Waals surface area contributed by atoms with Crippen molar-refractivity contribution >= 4 is 17.4 Å². The van der Waals surface area contributed by atoms with E-state index in [0.717, 1.165) is 43.0 Å². The van der Waals surface area contributed by atoms with Crippen molar-refractivity contribution in [2.24, 2.45) is 5.92 Å². The first-order chi connectivity index (χ1) is 11.7. The molecule has 1 saturated heterocycles. The van der Waals surface area contributed by atoms with Gasteiger partial charge in [-0.25, -0.2) is 4.98 Å². The van der Waals surface area contributed by atoms with E-state index in [1.54, 1.807) is 6.20 Å². The molecule has 1 amide bonds. The van der Waals surface area contributed by atoms with Crippen LogP contribution in [0.5, 0.6) is 0 Å². The van der Waals surface area contributed by atoms with Crippen molar-refractivity contribution in [1.82, 2.24) is 19.9 Å². The summed E-state index contributed by atoms with van der Waals surface area (Å²) < 4.78 is 1.85. The van der Waals surface area contributed by atoms with E-state index >= 15 is 0 Å². The SMILES string of the molecule is CCc1cc(N2CCC[C@@H](C(=O)NCCCO)C2)n2nccc2n1. The molecule has 0 saturated carbocycles. The Morgan fingerprint density at radius 1 is 1.50 bits per heavy atom. The van der Waals surface area contributed by atoms with Crippen molar-refractivity contribution < 1.29 is 9.90 Å². The predicted molar refractivity (Wildman–Crippen MR) is 92.0 cm³/mol. The van der Waals surface area contributed by atoms with Gasteiger partial charge in [0.05, 0.1) is 12.1 Å². The first-order valence-electron chi connectivity index (χ1n) is 8.70. The molecular formula is C17H25N5O2. The number of nitrogens with one attached hydrogen (secondary N) is 1. The van der Waals surface area contributed by atoms with E-state index in [0.29, 0.717) is 19.5 Å². The summed E-state index contributed by atoms with van der Waals surface area (Å²) in [7, 11) is 0. The van der Waals surface area contributed by atoms with Crippen molar-refractivity contribution in [3.63, 3.8) is 0 Å². The number of aliphatic hydroxyl groups is 1. The molecule has 0 radical (unpaired) electrons. The van der Waals surface area contributed by atoms with Gasteiger partial charge in [0.15, 0.2) is 5.65 Å². The van der Waals surface area contributed by atoms with Crippen LogP contribution < -0.4 is 10.2 Å². The molecule has 0 aliphatic carbocycles. The molecule has 2 aromatic rings. The third-order valence-corrected chi connectivity index (χ3v) is 4.51. The Morgan fingerprint density at radius 3 is 3.17 bits per heavy atom. The standard InChI is InChI=1S/C17H25N5O2/c1-2-14-11-16(22-15(20-14)6-8-19-22)21-9-3-5-13(12-21)17(24)18-7-4-10-23/h6,8,11,13,23H,2-5,7,9-10,12H2,1H3,(H,18,24)/t13-/m1/s1. The second kappa shape index (κ2) is 7.61. The number of anilines is 1. The number of hydrogen-bond acceptors (Lipinski definition) is 5. The highest BCUT2D eigenvalue weighted by molar-refractivity contribution is 5.79. The molecule has 2 aromatic heterocycles. The Bertz CT molecular complexity index is 699. The summed E-state index contributed by atoms with van der Waals surface area (Å²) in [4.78, 5) is 19.2. The van der Waals surface area contributed by atoms with Crippen molar-refractivity contribution in [3.8, 4) is 0 Å². The van der Waals surface area contributed by atoms with Crippen LogP contribution >= 0.6 is 0 Å². The fraction of sp³-hybridized carbons (Fsp3) is 0.588. The lowest BCUT2D eigenvalue weighted by Crippen LogP contribution is -2.44. The maximum absolute atomic E-state index is 12.3. The average Bonchev–Trinajstić information content (AvgIpc) is 3.09. The van der Waals surface area contributed by atoms with E-state index in [2.05, 4.69) is 33.3 Å². The van der Waals surface area contributed by atoms with Crippen molar-refractivity contribution in [2.75, 3.05) is 31.1 Å². The fourth-order valence-electron chi connectivity index (χ4n) is 3.19. The molecule has 0 spiro atoms. The Balaban J connectivity index is 1.77. The van der Waals surface area contributed by atoms with E-state index in [4.69, 9.17) is 5.11 Å². The first-order valence-corrected chi connectivity index (χ1v) is 8.70. The van der Waals surface area contributed by atoms with E-state index in [1.807, 2.05) is 10.6 Å². The number of carbonyl (C=O) groups excluding carboxylic acids is 1. The molecule has 130 valence electrons. The van der Waals surface area contributed by atoms with Crippen LogP contribution in [0.15, 0.2) is 18.3 Å². The third kappa shape index (κ3) is 3.51. The molecule has 1 aliphatic heterocycles. The lowest BCUT2D eigenvalue weighted by molar-refractivity contribution is -0.125. The largest absolute Gasteiger partial charge is 0.396 e. The van der Waals surface area contributed by atoms with E-state index < -0.39 is 0 Å². The Hall–Kier alpha value is -2.15. The molecule has 0 bridgehead atoms. The monoisotopic (exact) mass is 331 g/mol. The maximum atomic E-state index is 12.3. The molecule has 2 N–H and O–H groups in total. The first kappa shape index (κ1) is 16.7. The van der Waals surface area contributed by atoms with Gasteiger partial charge in [-0.2, -0.15) is 9.61 Å². The number of amides is 1.